The molecule has 1 aromatic carbocycles. The predicted molar refractivity (Wildman–Crippen MR) is 84.9 cm³/mol. The van der Waals surface area contributed by atoms with E-state index in [0.717, 1.165) is 16.4 Å². The van der Waals surface area contributed by atoms with Crippen LogP contribution in [0, 0.1) is 6.92 Å². The number of aromatic nitrogens is 1. The molecule has 1 heterocycles. The highest BCUT2D eigenvalue weighted by atomic mass is 32.1. The Balaban J connectivity index is 2.16. The molecule has 0 unspecified atom stereocenters. The molecular weight excluding hydrogens is 270 g/mol. The zero-order chi connectivity index (χ0) is 14.8. The molecule has 0 aliphatic rings. The van der Waals surface area contributed by atoms with E-state index in [1.54, 1.807) is 12.3 Å². The standard InChI is InChI=1S/C15H19N3OS/c1-10-9-20-14(17-10)18-16-8-11-7-12(15(2,3)4)5-6-13(11)19/h5-9,19H,1-4H3,(H,17,18). The number of aryl methyl sites for hydroxylation is 1. The smallest absolute Gasteiger partial charge is 0.203 e. The molecule has 0 fully saturated rings. The van der Waals surface area contributed by atoms with Crippen LogP contribution in [-0.4, -0.2) is 16.3 Å². The zero-order valence-corrected chi connectivity index (χ0v) is 13.0. The number of hydrogen-bond acceptors (Lipinski definition) is 5. The molecule has 0 aliphatic carbocycles. The van der Waals surface area contributed by atoms with Crippen LogP contribution in [0.5, 0.6) is 5.75 Å². The predicted octanol–water partition coefficient (Wildman–Crippen LogP) is 3.90. The fraction of sp³-hybridized carbons (Fsp3) is 0.333. The van der Waals surface area contributed by atoms with Gasteiger partial charge in [-0.1, -0.05) is 26.8 Å². The molecule has 5 heteroatoms. The van der Waals surface area contributed by atoms with Crippen molar-refractivity contribution in [1.82, 2.24) is 4.98 Å². The van der Waals surface area contributed by atoms with E-state index in [9.17, 15) is 5.11 Å². The quantitative estimate of drug-likeness (QED) is 0.665. The van der Waals surface area contributed by atoms with Crippen molar-refractivity contribution in [2.24, 2.45) is 5.10 Å². The molecule has 0 spiro atoms. The second-order valence-corrected chi connectivity index (χ2v) is 6.55. The molecular formula is C15H19N3OS. The van der Waals surface area contributed by atoms with Crippen LogP contribution in [-0.2, 0) is 5.41 Å². The van der Waals surface area contributed by atoms with Gasteiger partial charge in [0.1, 0.15) is 5.75 Å². The molecule has 0 aliphatic heterocycles. The van der Waals surface area contributed by atoms with Gasteiger partial charge in [0.25, 0.3) is 0 Å². The van der Waals surface area contributed by atoms with E-state index < -0.39 is 0 Å². The number of benzene rings is 1. The molecule has 0 saturated heterocycles. The first-order chi connectivity index (χ1) is 9.36. The van der Waals surface area contributed by atoms with Gasteiger partial charge in [0.15, 0.2) is 0 Å². The van der Waals surface area contributed by atoms with Crippen LogP contribution >= 0.6 is 11.3 Å². The van der Waals surface area contributed by atoms with Gasteiger partial charge in [0.05, 0.1) is 11.9 Å². The van der Waals surface area contributed by atoms with E-state index in [4.69, 9.17) is 0 Å². The number of hydrogen-bond donors (Lipinski definition) is 2. The topological polar surface area (TPSA) is 57.5 Å². The third kappa shape index (κ3) is 3.57. The van der Waals surface area contributed by atoms with Crippen molar-refractivity contribution in [1.29, 1.82) is 0 Å². The van der Waals surface area contributed by atoms with E-state index >= 15 is 0 Å². The molecule has 0 atom stereocenters. The van der Waals surface area contributed by atoms with Gasteiger partial charge in [-0.15, -0.1) is 11.3 Å². The fourth-order valence-corrected chi connectivity index (χ4v) is 2.32. The molecule has 0 saturated carbocycles. The number of nitrogens with one attached hydrogen (secondary N) is 1. The summed E-state index contributed by atoms with van der Waals surface area (Å²) in [7, 11) is 0. The number of phenolic OH excluding ortho intramolecular Hbond substituents is 1. The van der Waals surface area contributed by atoms with Gasteiger partial charge in [0.2, 0.25) is 5.13 Å². The summed E-state index contributed by atoms with van der Waals surface area (Å²) in [6.07, 6.45) is 1.61. The average Bonchev–Trinajstić information content (AvgIpc) is 2.76. The molecule has 2 aromatic rings. The third-order valence-electron chi connectivity index (χ3n) is 2.88. The van der Waals surface area contributed by atoms with Crippen LogP contribution in [0.25, 0.3) is 0 Å². The number of nitrogens with zero attached hydrogens (tertiary/aromatic N) is 2. The van der Waals surface area contributed by atoms with E-state index in [1.165, 1.54) is 11.3 Å². The number of thiazole rings is 1. The normalized spacial score (nSPS) is 12.0. The van der Waals surface area contributed by atoms with Crippen molar-refractivity contribution in [3.8, 4) is 5.75 Å². The lowest BCUT2D eigenvalue weighted by molar-refractivity contribution is 0.473. The maximum atomic E-state index is 9.87. The number of aromatic hydroxyl groups is 1. The first-order valence-electron chi connectivity index (χ1n) is 6.41. The van der Waals surface area contributed by atoms with Crippen LogP contribution in [0.15, 0.2) is 28.7 Å². The lowest BCUT2D eigenvalue weighted by Gasteiger charge is -2.19. The number of hydrazone groups is 1. The minimum Gasteiger partial charge on any atom is -0.507 e. The average molecular weight is 289 g/mol. The third-order valence-corrected chi connectivity index (χ3v) is 3.74. The highest BCUT2D eigenvalue weighted by Crippen LogP contribution is 2.26. The maximum absolute atomic E-state index is 9.87. The number of phenols is 1. The zero-order valence-electron chi connectivity index (χ0n) is 12.1. The van der Waals surface area contributed by atoms with Gasteiger partial charge in [-0.25, -0.2) is 4.98 Å². The summed E-state index contributed by atoms with van der Waals surface area (Å²) in [5, 5.41) is 16.7. The van der Waals surface area contributed by atoms with Crippen molar-refractivity contribution in [3.63, 3.8) is 0 Å². The van der Waals surface area contributed by atoms with Gasteiger partial charge in [-0.2, -0.15) is 5.10 Å². The van der Waals surface area contributed by atoms with Crippen LogP contribution in [0.3, 0.4) is 0 Å². The van der Waals surface area contributed by atoms with E-state index in [0.29, 0.717) is 5.56 Å². The Labute approximate surface area is 123 Å². The second kappa shape index (κ2) is 5.63. The largest absolute Gasteiger partial charge is 0.507 e. The minimum absolute atomic E-state index is 0.0378. The number of rotatable bonds is 3. The lowest BCUT2D eigenvalue weighted by Crippen LogP contribution is -2.11. The summed E-state index contributed by atoms with van der Waals surface area (Å²) in [5.41, 5.74) is 5.71. The second-order valence-electron chi connectivity index (χ2n) is 5.69. The Morgan fingerprint density at radius 1 is 1.35 bits per heavy atom. The van der Waals surface area contributed by atoms with Crippen LogP contribution < -0.4 is 5.43 Å². The summed E-state index contributed by atoms with van der Waals surface area (Å²) in [4.78, 5) is 4.25. The van der Waals surface area contributed by atoms with Crippen molar-refractivity contribution in [2.75, 3.05) is 5.43 Å². The van der Waals surface area contributed by atoms with Gasteiger partial charge >= 0.3 is 0 Å². The summed E-state index contributed by atoms with van der Waals surface area (Å²) < 4.78 is 0. The Hall–Kier alpha value is -1.88. The highest BCUT2D eigenvalue weighted by Gasteiger charge is 2.14. The molecule has 20 heavy (non-hydrogen) atoms. The van der Waals surface area contributed by atoms with Crippen molar-refractivity contribution in [3.05, 3.63) is 40.4 Å². The van der Waals surface area contributed by atoms with Crippen molar-refractivity contribution in [2.45, 2.75) is 33.1 Å². The van der Waals surface area contributed by atoms with Crippen LogP contribution in [0.1, 0.15) is 37.6 Å². The molecule has 4 nitrogen and oxygen atoms in total. The van der Waals surface area contributed by atoms with Crippen LogP contribution in [0.2, 0.25) is 0 Å². The van der Waals surface area contributed by atoms with Gasteiger partial charge in [0, 0.05) is 10.9 Å². The lowest BCUT2D eigenvalue weighted by atomic mass is 9.86. The Bertz CT molecular complexity index is 626. The Morgan fingerprint density at radius 3 is 2.70 bits per heavy atom. The Kier molecular flexibility index (Phi) is 4.09. The van der Waals surface area contributed by atoms with Crippen molar-refractivity contribution >= 4 is 22.7 Å². The minimum atomic E-state index is 0.0378. The summed E-state index contributed by atoms with van der Waals surface area (Å²) in [6, 6.07) is 5.59. The molecule has 0 bridgehead atoms. The maximum Gasteiger partial charge on any atom is 0.203 e. The van der Waals surface area contributed by atoms with Crippen LogP contribution in [0.4, 0.5) is 5.13 Å². The molecule has 106 valence electrons. The van der Waals surface area contributed by atoms with Gasteiger partial charge in [-0.3, -0.25) is 5.43 Å². The summed E-state index contributed by atoms with van der Waals surface area (Å²) >= 11 is 1.50. The van der Waals surface area contributed by atoms with E-state index in [-0.39, 0.29) is 11.2 Å². The first-order valence-corrected chi connectivity index (χ1v) is 7.29. The monoisotopic (exact) mass is 289 g/mol. The molecule has 2 N–H and O–H groups in total. The van der Waals surface area contributed by atoms with Gasteiger partial charge < -0.3 is 5.11 Å². The summed E-state index contributed by atoms with van der Waals surface area (Å²) in [5.74, 6) is 0.221. The fourth-order valence-electron chi connectivity index (χ4n) is 1.69. The molecule has 0 amide bonds. The van der Waals surface area contributed by atoms with Gasteiger partial charge in [-0.05, 0) is 30.0 Å². The van der Waals surface area contributed by atoms with E-state index in [1.807, 2.05) is 24.4 Å². The van der Waals surface area contributed by atoms with Crippen molar-refractivity contribution < 1.29 is 5.11 Å². The SMILES string of the molecule is Cc1csc(NN=Cc2cc(C(C)(C)C)ccc2O)n1. The Morgan fingerprint density at radius 2 is 2.10 bits per heavy atom. The first kappa shape index (κ1) is 14.5. The number of anilines is 1. The molecule has 0 radical (unpaired) electrons. The van der Waals surface area contributed by atoms with E-state index in [2.05, 4.69) is 36.3 Å². The molecule has 1 aromatic heterocycles. The summed E-state index contributed by atoms with van der Waals surface area (Å²) in [6.45, 7) is 8.34. The highest BCUT2D eigenvalue weighted by molar-refractivity contribution is 7.13. The molecule has 2 rings (SSSR count).